The van der Waals surface area contributed by atoms with E-state index in [-0.39, 0.29) is 5.69 Å². The molecule has 2 aromatic carbocycles. The van der Waals surface area contributed by atoms with Gasteiger partial charge in [0.05, 0.1) is 24.8 Å². The van der Waals surface area contributed by atoms with Crippen LogP contribution in [0.2, 0.25) is 0 Å². The molecule has 0 N–H and O–H groups in total. The quantitative estimate of drug-likeness (QED) is 0.403. The molecule has 4 rings (SSSR count). The average molecular weight is 370 g/mol. The van der Waals surface area contributed by atoms with Crippen molar-refractivity contribution in [3.05, 3.63) is 89.9 Å². The van der Waals surface area contributed by atoms with Gasteiger partial charge in [-0.3, -0.25) is 0 Å². The summed E-state index contributed by atoms with van der Waals surface area (Å²) in [6, 6.07) is 21.4. The number of esters is 1. The van der Waals surface area contributed by atoms with E-state index in [9.17, 15) is 4.79 Å². The van der Waals surface area contributed by atoms with Gasteiger partial charge in [-0.05, 0) is 6.07 Å². The lowest BCUT2D eigenvalue weighted by atomic mass is 10.0. The number of rotatable bonds is 4. The van der Waals surface area contributed by atoms with Crippen molar-refractivity contribution in [2.24, 2.45) is 12.0 Å². The van der Waals surface area contributed by atoms with E-state index >= 15 is 0 Å². The molecular formula is C22H18N4O2. The lowest BCUT2D eigenvalue weighted by molar-refractivity contribution is 0.0595. The maximum Gasteiger partial charge on any atom is 0.359 e. The Morgan fingerprint density at radius 3 is 2.18 bits per heavy atom. The predicted molar refractivity (Wildman–Crippen MR) is 108 cm³/mol. The highest BCUT2D eigenvalue weighted by Gasteiger charge is 2.18. The number of fused-ring (bicyclic) bond motifs is 1. The van der Waals surface area contributed by atoms with Crippen LogP contribution in [0.1, 0.15) is 21.6 Å². The first-order valence-electron chi connectivity index (χ1n) is 8.77. The Bertz CT molecular complexity index is 1120. The van der Waals surface area contributed by atoms with E-state index in [0.717, 1.165) is 16.8 Å². The number of methoxy groups -OCH3 is 1. The van der Waals surface area contributed by atoms with E-state index in [1.807, 2.05) is 67.7 Å². The van der Waals surface area contributed by atoms with Gasteiger partial charge in [0.2, 0.25) is 0 Å². The highest BCUT2D eigenvalue weighted by atomic mass is 16.5. The molecule has 0 fully saturated rings. The zero-order chi connectivity index (χ0) is 19.5. The van der Waals surface area contributed by atoms with Gasteiger partial charge in [-0.2, -0.15) is 0 Å². The minimum atomic E-state index is -0.540. The SMILES string of the molecule is COC(=O)c1nc2c(cc1N=C(c1ccccc1)c1ccccc1)ncn2C. The molecule has 0 radical (unpaired) electrons. The third-order valence-corrected chi connectivity index (χ3v) is 4.37. The molecule has 0 aliphatic carbocycles. The number of aromatic nitrogens is 3. The summed E-state index contributed by atoms with van der Waals surface area (Å²) in [6.45, 7) is 0. The van der Waals surface area contributed by atoms with Gasteiger partial charge in [0.15, 0.2) is 11.3 Å². The van der Waals surface area contributed by atoms with E-state index in [4.69, 9.17) is 9.73 Å². The van der Waals surface area contributed by atoms with Crippen molar-refractivity contribution >= 4 is 28.5 Å². The van der Waals surface area contributed by atoms with E-state index in [0.29, 0.717) is 16.9 Å². The second kappa shape index (κ2) is 7.44. The van der Waals surface area contributed by atoms with E-state index in [2.05, 4.69) is 9.97 Å². The summed E-state index contributed by atoms with van der Waals surface area (Å²) in [5.74, 6) is -0.540. The van der Waals surface area contributed by atoms with Crippen LogP contribution in [-0.2, 0) is 11.8 Å². The van der Waals surface area contributed by atoms with E-state index in [1.165, 1.54) is 7.11 Å². The largest absolute Gasteiger partial charge is 0.464 e. The normalized spacial score (nSPS) is 10.6. The number of aliphatic imine (C=N–C) groups is 1. The van der Waals surface area contributed by atoms with Crippen molar-refractivity contribution in [1.29, 1.82) is 0 Å². The minimum Gasteiger partial charge on any atom is -0.464 e. The summed E-state index contributed by atoms with van der Waals surface area (Å²) in [4.78, 5) is 26.0. The summed E-state index contributed by atoms with van der Waals surface area (Å²) in [7, 11) is 3.16. The van der Waals surface area contributed by atoms with Crippen LogP contribution in [0.5, 0.6) is 0 Å². The molecule has 0 amide bonds. The van der Waals surface area contributed by atoms with Gasteiger partial charge < -0.3 is 9.30 Å². The van der Waals surface area contributed by atoms with E-state index < -0.39 is 5.97 Å². The van der Waals surface area contributed by atoms with Crippen LogP contribution < -0.4 is 0 Å². The van der Waals surface area contributed by atoms with E-state index in [1.54, 1.807) is 17.0 Å². The van der Waals surface area contributed by atoms with Crippen LogP contribution in [-0.4, -0.2) is 33.3 Å². The lowest BCUT2D eigenvalue weighted by Gasteiger charge is -2.10. The van der Waals surface area contributed by atoms with Crippen molar-refractivity contribution in [3.8, 4) is 0 Å². The van der Waals surface area contributed by atoms with Gasteiger partial charge in [0.1, 0.15) is 5.52 Å². The maximum atomic E-state index is 12.4. The Kier molecular flexibility index (Phi) is 4.68. The van der Waals surface area contributed by atoms with Crippen LogP contribution in [0.3, 0.4) is 0 Å². The smallest absolute Gasteiger partial charge is 0.359 e. The Hall–Kier alpha value is -3.80. The number of hydrogen-bond acceptors (Lipinski definition) is 5. The van der Waals surface area contributed by atoms with Gasteiger partial charge in [-0.25, -0.2) is 19.8 Å². The summed E-state index contributed by atoms with van der Waals surface area (Å²) in [6.07, 6.45) is 1.65. The fourth-order valence-electron chi connectivity index (χ4n) is 2.98. The molecule has 0 atom stereocenters. The number of imidazole rings is 1. The predicted octanol–water partition coefficient (Wildman–Crippen LogP) is 3.92. The topological polar surface area (TPSA) is 69.4 Å². The van der Waals surface area contributed by atoms with Crippen molar-refractivity contribution in [3.63, 3.8) is 0 Å². The number of pyridine rings is 1. The molecule has 2 aromatic heterocycles. The third kappa shape index (κ3) is 3.27. The number of benzene rings is 2. The molecule has 138 valence electrons. The first kappa shape index (κ1) is 17.6. The van der Waals surface area contributed by atoms with Gasteiger partial charge >= 0.3 is 5.97 Å². The maximum absolute atomic E-state index is 12.4. The van der Waals surface area contributed by atoms with Crippen molar-refractivity contribution < 1.29 is 9.53 Å². The fraction of sp³-hybridized carbons (Fsp3) is 0.0909. The standard InChI is InChI=1S/C22H18N4O2/c1-26-14-23-18-13-17(20(22(27)28-2)25-21(18)26)24-19(15-9-5-3-6-10-15)16-11-7-4-8-12-16/h3-14H,1-2H3. The van der Waals surface area contributed by atoms with Gasteiger partial charge in [0, 0.05) is 18.2 Å². The molecule has 0 bridgehead atoms. The molecular weight excluding hydrogens is 352 g/mol. The van der Waals surface area contributed by atoms with Crippen molar-refractivity contribution in [1.82, 2.24) is 14.5 Å². The van der Waals surface area contributed by atoms with Crippen molar-refractivity contribution in [2.75, 3.05) is 7.11 Å². The monoisotopic (exact) mass is 370 g/mol. The fourth-order valence-corrected chi connectivity index (χ4v) is 2.98. The number of carbonyl (C=O) groups is 1. The molecule has 0 aliphatic heterocycles. The molecule has 4 aromatic rings. The van der Waals surface area contributed by atoms with Crippen LogP contribution >= 0.6 is 0 Å². The summed E-state index contributed by atoms with van der Waals surface area (Å²) < 4.78 is 6.69. The van der Waals surface area contributed by atoms with Crippen LogP contribution in [0.15, 0.2) is 78.0 Å². The zero-order valence-corrected chi connectivity index (χ0v) is 15.5. The Balaban J connectivity index is 1.98. The molecule has 0 saturated heterocycles. The second-order valence-corrected chi connectivity index (χ2v) is 6.24. The first-order chi connectivity index (χ1) is 13.7. The van der Waals surface area contributed by atoms with Crippen LogP contribution in [0.4, 0.5) is 5.69 Å². The minimum absolute atomic E-state index is 0.156. The molecule has 6 nitrogen and oxygen atoms in total. The zero-order valence-electron chi connectivity index (χ0n) is 15.5. The summed E-state index contributed by atoms with van der Waals surface area (Å²) in [5, 5.41) is 0. The third-order valence-electron chi connectivity index (χ3n) is 4.37. The average Bonchev–Trinajstić information content (AvgIpc) is 3.11. The van der Waals surface area contributed by atoms with Gasteiger partial charge in [-0.15, -0.1) is 0 Å². The summed E-state index contributed by atoms with van der Waals surface area (Å²) in [5.41, 5.74) is 4.44. The number of carbonyl (C=O) groups excluding carboxylic acids is 1. The molecule has 0 unspecified atom stereocenters. The van der Waals surface area contributed by atoms with Gasteiger partial charge in [0.25, 0.3) is 0 Å². The first-order valence-corrected chi connectivity index (χ1v) is 8.77. The Labute approximate surface area is 162 Å². The van der Waals surface area contributed by atoms with Gasteiger partial charge in [-0.1, -0.05) is 60.7 Å². The molecule has 0 spiro atoms. The number of hydrogen-bond donors (Lipinski definition) is 0. The van der Waals surface area contributed by atoms with Crippen LogP contribution in [0, 0.1) is 0 Å². The molecule has 28 heavy (non-hydrogen) atoms. The Morgan fingerprint density at radius 1 is 1.00 bits per heavy atom. The number of nitrogens with zero attached hydrogens (tertiary/aromatic N) is 4. The highest BCUT2D eigenvalue weighted by molar-refractivity contribution is 6.14. The second-order valence-electron chi connectivity index (χ2n) is 6.24. The summed E-state index contributed by atoms with van der Waals surface area (Å²) >= 11 is 0. The number of aryl methyl sites for hydroxylation is 1. The molecule has 0 aliphatic rings. The molecule has 2 heterocycles. The Morgan fingerprint density at radius 2 is 1.61 bits per heavy atom. The molecule has 6 heteroatoms. The van der Waals surface area contributed by atoms with Crippen molar-refractivity contribution in [2.45, 2.75) is 0 Å². The lowest BCUT2D eigenvalue weighted by Crippen LogP contribution is -2.08. The number of ether oxygens (including phenoxy) is 1. The van der Waals surface area contributed by atoms with Crippen LogP contribution in [0.25, 0.3) is 11.2 Å². The molecule has 0 saturated carbocycles. The highest BCUT2D eigenvalue weighted by Crippen LogP contribution is 2.26.